The van der Waals surface area contributed by atoms with Crippen LogP contribution in [0.3, 0.4) is 0 Å². The standard InChI is InChI=1S/C24H25NO4S/c1-4-29-24(27)20-13-21(18-8-6-5-7-9-18)30-23(20)25-22(26)15-28-14-19-11-10-16(2)12-17(19)3/h5-13H,4,14-15H2,1-3H3,(H,25,26). The SMILES string of the molecule is CCOC(=O)c1cc(-c2ccccc2)sc1NC(=O)COCc1ccc(C)cc1C. The summed E-state index contributed by atoms with van der Waals surface area (Å²) in [5.74, 6) is -0.769. The molecule has 1 amide bonds. The van der Waals surface area contributed by atoms with E-state index in [-0.39, 0.29) is 19.1 Å². The van der Waals surface area contributed by atoms with Gasteiger partial charge in [-0.3, -0.25) is 4.79 Å². The van der Waals surface area contributed by atoms with E-state index >= 15 is 0 Å². The largest absolute Gasteiger partial charge is 0.462 e. The van der Waals surface area contributed by atoms with Crippen molar-refractivity contribution in [2.24, 2.45) is 0 Å². The summed E-state index contributed by atoms with van der Waals surface area (Å²) >= 11 is 1.34. The molecule has 3 rings (SSSR count). The van der Waals surface area contributed by atoms with Crippen molar-refractivity contribution in [3.8, 4) is 10.4 Å². The van der Waals surface area contributed by atoms with Gasteiger partial charge in [0.1, 0.15) is 11.6 Å². The molecule has 6 heteroatoms. The molecule has 2 aromatic carbocycles. The predicted molar refractivity (Wildman–Crippen MR) is 120 cm³/mol. The first kappa shape index (κ1) is 21.7. The average molecular weight is 424 g/mol. The van der Waals surface area contributed by atoms with Gasteiger partial charge in [0.25, 0.3) is 5.91 Å². The number of carbonyl (C=O) groups excluding carboxylic acids is 2. The van der Waals surface area contributed by atoms with E-state index in [1.54, 1.807) is 13.0 Å². The highest BCUT2D eigenvalue weighted by molar-refractivity contribution is 7.20. The normalized spacial score (nSPS) is 10.6. The first-order chi connectivity index (χ1) is 14.5. The Hall–Kier alpha value is -2.96. The van der Waals surface area contributed by atoms with Gasteiger partial charge < -0.3 is 14.8 Å². The molecule has 30 heavy (non-hydrogen) atoms. The summed E-state index contributed by atoms with van der Waals surface area (Å²) in [6.07, 6.45) is 0. The average Bonchev–Trinajstić information content (AvgIpc) is 3.14. The number of thiophene rings is 1. The van der Waals surface area contributed by atoms with Crippen molar-refractivity contribution in [3.63, 3.8) is 0 Å². The van der Waals surface area contributed by atoms with E-state index in [0.29, 0.717) is 17.2 Å². The Morgan fingerprint density at radius 1 is 1.03 bits per heavy atom. The lowest BCUT2D eigenvalue weighted by Gasteiger charge is -2.09. The molecule has 0 saturated carbocycles. The maximum Gasteiger partial charge on any atom is 0.341 e. The van der Waals surface area contributed by atoms with Gasteiger partial charge in [0, 0.05) is 4.88 Å². The van der Waals surface area contributed by atoms with Crippen molar-refractivity contribution in [3.05, 3.63) is 76.9 Å². The van der Waals surface area contributed by atoms with E-state index in [9.17, 15) is 9.59 Å². The van der Waals surface area contributed by atoms with Crippen LogP contribution in [0.25, 0.3) is 10.4 Å². The van der Waals surface area contributed by atoms with Crippen LogP contribution in [0.1, 0.15) is 34.0 Å². The number of carbonyl (C=O) groups is 2. The molecule has 0 atom stereocenters. The van der Waals surface area contributed by atoms with Gasteiger partial charge >= 0.3 is 5.97 Å². The smallest absolute Gasteiger partial charge is 0.341 e. The van der Waals surface area contributed by atoms with Gasteiger partial charge in [-0.05, 0) is 43.5 Å². The maximum atomic E-state index is 12.4. The van der Waals surface area contributed by atoms with E-state index in [0.717, 1.165) is 21.6 Å². The molecule has 0 aliphatic carbocycles. The molecular formula is C24H25NO4S. The number of ether oxygens (including phenoxy) is 2. The van der Waals surface area contributed by atoms with E-state index in [2.05, 4.69) is 11.4 Å². The summed E-state index contributed by atoms with van der Waals surface area (Å²) in [7, 11) is 0. The minimum atomic E-state index is -0.456. The number of hydrogen-bond acceptors (Lipinski definition) is 5. The monoisotopic (exact) mass is 423 g/mol. The Kier molecular flexibility index (Phi) is 7.38. The van der Waals surface area contributed by atoms with Crippen LogP contribution in [-0.4, -0.2) is 25.1 Å². The molecule has 5 nitrogen and oxygen atoms in total. The van der Waals surface area contributed by atoms with E-state index in [4.69, 9.17) is 9.47 Å². The fraction of sp³-hybridized carbons (Fsp3) is 0.250. The number of aryl methyl sites for hydroxylation is 2. The summed E-state index contributed by atoms with van der Waals surface area (Å²) in [6, 6.07) is 17.6. The van der Waals surface area contributed by atoms with Crippen LogP contribution in [0.4, 0.5) is 5.00 Å². The minimum Gasteiger partial charge on any atom is -0.462 e. The Balaban J connectivity index is 1.68. The molecule has 0 saturated heterocycles. The molecule has 0 unspecified atom stereocenters. The first-order valence-corrected chi connectivity index (χ1v) is 10.6. The van der Waals surface area contributed by atoms with E-state index in [1.165, 1.54) is 16.9 Å². The molecule has 0 aliphatic heterocycles. The van der Waals surface area contributed by atoms with Crippen molar-refractivity contribution < 1.29 is 19.1 Å². The van der Waals surface area contributed by atoms with Crippen molar-refractivity contribution in [1.29, 1.82) is 0 Å². The molecule has 0 aliphatic rings. The fourth-order valence-electron chi connectivity index (χ4n) is 3.01. The zero-order valence-electron chi connectivity index (χ0n) is 17.4. The quantitative estimate of drug-likeness (QED) is 0.495. The van der Waals surface area contributed by atoms with Gasteiger partial charge in [0.05, 0.1) is 18.8 Å². The summed E-state index contributed by atoms with van der Waals surface area (Å²) in [5.41, 5.74) is 4.68. The molecule has 1 N–H and O–H groups in total. The second kappa shape index (κ2) is 10.2. The van der Waals surface area contributed by atoms with Crippen molar-refractivity contribution in [2.75, 3.05) is 18.5 Å². The number of anilines is 1. The molecule has 0 spiro atoms. The van der Waals surface area contributed by atoms with E-state index in [1.807, 2.05) is 56.3 Å². The molecule has 156 valence electrons. The first-order valence-electron chi connectivity index (χ1n) is 9.78. The third-order valence-corrected chi connectivity index (χ3v) is 5.63. The van der Waals surface area contributed by atoms with Gasteiger partial charge in [0.2, 0.25) is 0 Å². The van der Waals surface area contributed by atoms with Crippen LogP contribution in [0.5, 0.6) is 0 Å². The summed E-state index contributed by atoms with van der Waals surface area (Å²) < 4.78 is 10.7. The van der Waals surface area contributed by atoms with Crippen molar-refractivity contribution in [1.82, 2.24) is 0 Å². The zero-order chi connectivity index (χ0) is 21.5. The zero-order valence-corrected chi connectivity index (χ0v) is 18.2. The molecule has 1 heterocycles. The summed E-state index contributed by atoms with van der Waals surface area (Å²) in [4.78, 5) is 25.7. The molecule has 0 bridgehead atoms. The number of amides is 1. The Bertz CT molecular complexity index is 1030. The Morgan fingerprint density at radius 3 is 2.50 bits per heavy atom. The highest BCUT2D eigenvalue weighted by Crippen LogP contribution is 2.35. The lowest BCUT2D eigenvalue weighted by atomic mass is 10.1. The van der Waals surface area contributed by atoms with Gasteiger partial charge in [-0.15, -0.1) is 11.3 Å². The molecular weight excluding hydrogens is 398 g/mol. The van der Waals surface area contributed by atoms with Crippen LogP contribution in [0.2, 0.25) is 0 Å². The lowest BCUT2D eigenvalue weighted by molar-refractivity contribution is -0.121. The van der Waals surface area contributed by atoms with Crippen LogP contribution in [-0.2, 0) is 20.9 Å². The Morgan fingerprint density at radius 2 is 1.80 bits per heavy atom. The summed E-state index contributed by atoms with van der Waals surface area (Å²) in [6.45, 7) is 6.33. The predicted octanol–water partition coefficient (Wildman–Crippen LogP) is 5.36. The number of benzene rings is 2. The second-order valence-corrected chi connectivity index (χ2v) is 7.96. The number of hydrogen-bond donors (Lipinski definition) is 1. The van der Waals surface area contributed by atoms with E-state index < -0.39 is 5.97 Å². The van der Waals surface area contributed by atoms with Gasteiger partial charge in [0.15, 0.2) is 0 Å². The van der Waals surface area contributed by atoms with Gasteiger partial charge in [-0.25, -0.2) is 4.79 Å². The van der Waals surface area contributed by atoms with Crippen molar-refractivity contribution >= 4 is 28.2 Å². The Labute approximate surface area is 180 Å². The maximum absolute atomic E-state index is 12.4. The van der Waals surface area contributed by atoms with Gasteiger partial charge in [-0.2, -0.15) is 0 Å². The number of rotatable bonds is 8. The third kappa shape index (κ3) is 5.55. The topological polar surface area (TPSA) is 64.6 Å². The number of nitrogens with one attached hydrogen (secondary N) is 1. The fourth-order valence-corrected chi connectivity index (χ4v) is 4.08. The van der Waals surface area contributed by atoms with Crippen LogP contribution >= 0.6 is 11.3 Å². The van der Waals surface area contributed by atoms with Gasteiger partial charge in [-0.1, -0.05) is 54.1 Å². The van der Waals surface area contributed by atoms with Crippen LogP contribution < -0.4 is 5.32 Å². The highest BCUT2D eigenvalue weighted by Gasteiger charge is 2.20. The number of esters is 1. The third-order valence-electron chi connectivity index (χ3n) is 4.53. The second-order valence-electron chi connectivity index (χ2n) is 6.91. The molecule has 1 aromatic heterocycles. The van der Waals surface area contributed by atoms with Crippen molar-refractivity contribution in [2.45, 2.75) is 27.4 Å². The van der Waals surface area contributed by atoms with Crippen LogP contribution in [0, 0.1) is 13.8 Å². The molecule has 0 radical (unpaired) electrons. The highest BCUT2D eigenvalue weighted by atomic mass is 32.1. The molecule has 0 fully saturated rings. The minimum absolute atomic E-state index is 0.103. The van der Waals surface area contributed by atoms with Crippen LogP contribution in [0.15, 0.2) is 54.6 Å². The summed E-state index contributed by atoms with van der Waals surface area (Å²) in [5, 5.41) is 3.27. The molecule has 3 aromatic rings. The lowest BCUT2D eigenvalue weighted by Crippen LogP contribution is -2.19.